The number of nitrogens with zero attached hydrogens (tertiary/aromatic N) is 1. The van der Waals surface area contributed by atoms with Crippen molar-refractivity contribution in [2.75, 3.05) is 13.4 Å². The highest BCUT2D eigenvalue weighted by atomic mass is 127. The summed E-state index contributed by atoms with van der Waals surface area (Å²) in [5, 5.41) is -0.0445. The molecule has 0 unspecified atom stereocenters. The maximum Gasteiger partial charge on any atom is 0.344 e. The molecule has 1 fully saturated rings. The number of benzene rings is 3. The molecular weight excluding hydrogens is 645 g/mol. The van der Waals surface area contributed by atoms with Gasteiger partial charge in [0.05, 0.1) is 23.6 Å². The van der Waals surface area contributed by atoms with E-state index < -0.39 is 17.1 Å². The third-order valence-electron chi connectivity index (χ3n) is 5.61. The summed E-state index contributed by atoms with van der Waals surface area (Å²) in [5.74, 6) is 0.669. The predicted octanol–water partition coefficient (Wildman–Crippen LogP) is 6.53. The van der Waals surface area contributed by atoms with Gasteiger partial charge in [0.2, 0.25) is 6.79 Å². The lowest BCUT2D eigenvalue weighted by Gasteiger charge is -2.14. The largest absolute Gasteiger partial charge is 0.490 e. The van der Waals surface area contributed by atoms with E-state index in [9.17, 15) is 14.4 Å². The van der Waals surface area contributed by atoms with E-state index in [4.69, 9.17) is 30.5 Å². The lowest BCUT2D eigenvalue weighted by atomic mass is 10.1. The Morgan fingerprint density at radius 3 is 2.63 bits per heavy atom. The molecule has 3 aromatic rings. The minimum absolute atomic E-state index is 0.00511. The van der Waals surface area contributed by atoms with Crippen LogP contribution in [0.1, 0.15) is 28.4 Å². The molecule has 38 heavy (non-hydrogen) atoms. The summed E-state index contributed by atoms with van der Waals surface area (Å²) in [6.45, 7) is 2.23. The Balaban J connectivity index is 1.35. The third kappa shape index (κ3) is 5.47. The van der Waals surface area contributed by atoms with Gasteiger partial charge in [-0.15, -0.1) is 0 Å². The number of thioether (sulfide) groups is 1. The summed E-state index contributed by atoms with van der Waals surface area (Å²) in [4.78, 5) is 39.9. The summed E-state index contributed by atoms with van der Waals surface area (Å²) in [5.41, 5.74) is 1.61. The van der Waals surface area contributed by atoms with Gasteiger partial charge in [0.1, 0.15) is 0 Å². The number of carbonyl (C=O) groups is 3. The van der Waals surface area contributed by atoms with Crippen molar-refractivity contribution < 1.29 is 33.3 Å². The van der Waals surface area contributed by atoms with Gasteiger partial charge in [-0.05, 0) is 88.8 Å². The smallest absolute Gasteiger partial charge is 0.344 e. The first kappa shape index (κ1) is 26.4. The van der Waals surface area contributed by atoms with E-state index in [0.717, 1.165) is 20.2 Å². The standard InChI is InChI=1S/C27H19ClINO7S/c1-2-34-21-9-15(7-8-20(21)37-26(32)17-5-3-4-6-19(17)29)10-24-25(31)30(27(33)38-24)13-16-11-22-23(12-18(16)28)36-14-35-22/h3-12H,2,13-14H2,1H3/b24-10-. The Kier molecular flexibility index (Phi) is 7.82. The van der Waals surface area contributed by atoms with Gasteiger partial charge in [-0.3, -0.25) is 14.5 Å². The number of hydrogen-bond donors (Lipinski definition) is 0. The molecule has 2 aliphatic heterocycles. The Labute approximate surface area is 241 Å². The molecule has 0 radical (unpaired) electrons. The Hall–Kier alpha value is -3.22. The fourth-order valence-corrected chi connectivity index (χ4v) is 5.45. The topological polar surface area (TPSA) is 91.4 Å². The van der Waals surface area contributed by atoms with Crippen LogP contribution >= 0.6 is 46.0 Å². The quantitative estimate of drug-likeness (QED) is 0.122. The van der Waals surface area contributed by atoms with Gasteiger partial charge < -0.3 is 18.9 Å². The highest BCUT2D eigenvalue weighted by Crippen LogP contribution is 2.40. The molecule has 2 aliphatic rings. The summed E-state index contributed by atoms with van der Waals surface area (Å²) in [7, 11) is 0. The second kappa shape index (κ2) is 11.3. The van der Waals surface area contributed by atoms with Crippen LogP contribution in [0.25, 0.3) is 6.08 Å². The van der Waals surface area contributed by atoms with Crippen LogP contribution in [0.3, 0.4) is 0 Å². The fourth-order valence-electron chi connectivity index (χ4n) is 3.79. The molecule has 3 aromatic carbocycles. The van der Waals surface area contributed by atoms with Crippen molar-refractivity contribution in [3.63, 3.8) is 0 Å². The van der Waals surface area contributed by atoms with Gasteiger partial charge in [-0.1, -0.05) is 29.8 Å². The first-order chi connectivity index (χ1) is 18.3. The minimum atomic E-state index is -0.507. The highest BCUT2D eigenvalue weighted by Gasteiger charge is 2.36. The second-order valence-corrected chi connectivity index (χ2v) is 10.6. The van der Waals surface area contributed by atoms with Gasteiger partial charge in [0, 0.05) is 14.7 Å². The number of esters is 1. The molecule has 0 N–H and O–H groups in total. The van der Waals surface area contributed by atoms with Gasteiger partial charge >= 0.3 is 5.97 Å². The van der Waals surface area contributed by atoms with Crippen LogP contribution in [0.15, 0.2) is 59.5 Å². The average Bonchev–Trinajstić information content (AvgIpc) is 3.45. The maximum atomic E-state index is 13.1. The number of ether oxygens (including phenoxy) is 4. The number of amides is 2. The van der Waals surface area contributed by atoms with Crippen molar-refractivity contribution in [2.24, 2.45) is 0 Å². The molecule has 1 saturated heterocycles. The van der Waals surface area contributed by atoms with Gasteiger partial charge in [-0.25, -0.2) is 4.79 Å². The molecule has 2 heterocycles. The molecule has 0 aliphatic carbocycles. The van der Waals surface area contributed by atoms with E-state index in [0.29, 0.717) is 45.6 Å². The van der Waals surface area contributed by atoms with E-state index in [2.05, 4.69) is 22.6 Å². The number of hydrogen-bond acceptors (Lipinski definition) is 8. The van der Waals surface area contributed by atoms with Crippen molar-refractivity contribution in [3.8, 4) is 23.0 Å². The third-order valence-corrected chi connectivity index (χ3v) is 7.81. The Bertz CT molecular complexity index is 1490. The predicted molar refractivity (Wildman–Crippen MR) is 151 cm³/mol. The Morgan fingerprint density at radius 1 is 1.11 bits per heavy atom. The van der Waals surface area contributed by atoms with Crippen LogP contribution in [-0.4, -0.2) is 35.4 Å². The van der Waals surface area contributed by atoms with E-state index in [1.165, 1.54) is 0 Å². The number of rotatable bonds is 7. The molecule has 8 nitrogen and oxygen atoms in total. The van der Waals surface area contributed by atoms with Crippen molar-refractivity contribution >= 4 is 69.1 Å². The minimum Gasteiger partial charge on any atom is -0.490 e. The number of fused-ring (bicyclic) bond motifs is 1. The molecule has 0 bridgehead atoms. The van der Waals surface area contributed by atoms with Crippen LogP contribution < -0.4 is 18.9 Å². The maximum absolute atomic E-state index is 13.1. The molecule has 2 amide bonds. The molecular formula is C27H19ClINO7S. The lowest BCUT2D eigenvalue weighted by molar-refractivity contribution is -0.123. The molecule has 5 rings (SSSR count). The van der Waals surface area contributed by atoms with Crippen LogP contribution in [0, 0.1) is 3.57 Å². The fraction of sp³-hybridized carbons (Fsp3) is 0.148. The van der Waals surface area contributed by atoms with Crippen LogP contribution in [0.2, 0.25) is 5.02 Å². The lowest BCUT2D eigenvalue weighted by Crippen LogP contribution is -2.27. The first-order valence-electron chi connectivity index (χ1n) is 11.4. The van der Waals surface area contributed by atoms with Crippen molar-refractivity contribution in [1.29, 1.82) is 0 Å². The second-order valence-electron chi connectivity index (χ2n) is 8.07. The highest BCUT2D eigenvalue weighted by molar-refractivity contribution is 14.1. The van der Waals surface area contributed by atoms with E-state index in [-0.39, 0.29) is 24.0 Å². The summed E-state index contributed by atoms with van der Waals surface area (Å²) in [6, 6.07) is 15.3. The molecule has 0 spiro atoms. The van der Waals surface area contributed by atoms with Crippen LogP contribution in [0.5, 0.6) is 23.0 Å². The molecule has 0 atom stereocenters. The molecule has 0 aromatic heterocycles. The van der Waals surface area contributed by atoms with Crippen molar-refractivity contribution in [2.45, 2.75) is 13.5 Å². The number of imide groups is 1. The van der Waals surface area contributed by atoms with Crippen molar-refractivity contribution in [1.82, 2.24) is 4.90 Å². The van der Waals surface area contributed by atoms with Crippen LogP contribution in [0.4, 0.5) is 4.79 Å². The normalized spacial score (nSPS) is 15.3. The molecule has 0 saturated carbocycles. The monoisotopic (exact) mass is 663 g/mol. The van der Waals surface area contributed by atoms with Crippen LogP contribution in [-0.2, 0) is 11.3 Å². The van der Waals surface area contributed by atoms with E-state index in [1.54, 1.807) is 48.5 Å². The number of halogens is 2. The molecule has 194 valence electrons. The summed E-state index contributed by atoms with van der Waals surface area (Å²) >= 11 is 9.24. The zero-order valence-corrected chi connectivity index (χ0v) is 23.6. The van der Waals surface area contributed by atoms with Gasteiger partial charge in [-0.2, -0.15) is 0 Å². The summed E-state index contributed by atoms with van der Waals surface area (Å²) in [6.07, 6.45) is 1.60. The average molecular weight is 664 g/mol. The van der Waals surface area contributed by atoms with Crippen molar-refractivity contribution in [3.05, 3.63) is 84.8 Å². The number of carbonyl (C=O) groups excluding carboxylic acids is 3. The molecule has 11 heteroatoms. The van der Waals surface area contributed by atoms with Gasteiger partial charge in [0.25, 0.3) is 11.1 Å². The zero-order valence-electron chi connectivity index (χ0n) is 19.9. The Morgan fingerprint density at radius 2 is 1.87 bits per heavy atom. The van der Waals surface area contributed by atoms with Gasteiger partial charge in [0.15, 0.2) is 23.0 Å². The summed E-state index contributed by atoms with van der Waals surface area (Å²) < 4.78 is 22.7. The zero-order chi connectivity index (χ0) is 26.8. The van der Waals surface area contributed by atoms with E-state index >= 15 is 0 Å². The first-order valence-corrected chi connectivity index (χ1v) is 13.7. The van der Waals surface area contributed by atoms with E-state index in [1.807, 2.05) is 19.1 Å². The SMILES string of the molecule is CCOc1cc(/C=C2\SC(=O)N(Cc3cc4c(cc3Cl)OCO4)C2=O)ccc1OC(=O)c1ccccc1I.